The van der Waals surface area contributed by atoms with Crippen molar-refractivity contribution in [3.05, 3.63) is 96.6 Å². The Labute approximate surface area is 146 Å². The van der Waals surface area contributed by atoms with Crippen molar-refractivity contribution in [1.29, 1.82) is 0 Å². The van der Waals surface area contributed by atoms with Crippen LogP contribution in [-0.2, 0) is 0 Å². The summed E-state index contributed by atoms with van der Waals surface area (Å²) in [6, 6.07) is 29.8. The van der Waals surface area contributed by atoms with Crippen LogP contribution in [0.5, 0.6) is 5.75 Å². The van der Waals surface area contributed by atoms with Crippen LogP contribution in [0.3, 0.4) is 0 Å². The zero-order chi connectivity index (χ0) is 17.1. The lowest BCUT2D eigenvalue weighted by Crippen LogP contribution is -1.86. The van der Waals surface area contributed by atoms with Gasteiger partial charge in [-0.15, -0.1) is 0 Å². The van der Waals surface area contributed by atoms with E-state index in [9.17, 15) is 5.11 Å². The summed E-state index contributed by atoms with van der Waals surface area (Å²) in [5.74, 6) is 0.248. The van der Waals surface area contributed by atoms with Gasteiger partial charge in [-0.1, -0.05) is 78.9 Å². The van der Waals surface area contributed by atoms with Crippen molar-refractivity contribution in [2.45, 2.75) is 0 Å². The maximum atomic E-state index is 10.6. The normalized spacial score (nSPS) is 11.2. The Bertz CT molecular complexity index is 1050. The first-order valence-corrected chi connectivity index (χ1v) is 8.22. The third-order valence-electron chi connectivity index (χ3n) is 4.26. The van der Waals surface area contributed by atoms with Crippen LogP contribution in [0.1, 0.15) is 5.56 Å². The molecule has 0 unspecified atom stereocenters. The molecular weight excluding hydrogens is 306 g/mol. The van der Waals surface area contributed by atoms with E-state index in [1.165, 1.54) is 0 Å². The van der Waals surface area contributed by atoms with Crippen LogP contribution in [0.2, 0.25) is 0 Å². The minimum absolute atomic E-state index is 0.248. The second-order valence-electron chi connectivity index (χ2n) is 5.87. The Balaban J connectivity index is 1.75. The molecule has 0 bridgehead atoms. The molecule has 1 N–H and O–H groups in total. The fourth-order valence-corrected chi connectivity index (χ4v) is 2.98. The van der Waals surface area contributed by atoms with E-state index >= 15 is 0 Å². The van der Waals surface area contributed by atoms with Gasteiger partial charge >= 0.3 is 0 Å². The van der Waals surface area contributed by atoms with Crippen molar-refractivity contribution in [2.75, 3.05) is 0 Å². The molecule has 0 atom stereocenters. The highest BCUT2D eigenvalue weighted by molar-refractivity contribution is 5.96. The second-order valence-corrected chi connectivity index (χ2v) is 5.87. The van der Waals surface area contributed by atoms with Crippen molar-refractivity contribution in [3.8, 4) is 16.9 Å². The number of para-hydroxylation sites is 1. The van der Waals surface area contributed by atoms with Crippen molar-refractivity contribution in [1.82, 2.24) is 0 Å². The largest absolute Gasteiger partial charge is 0.507 e. The zero-order valence-electron chi connectivity index (χ0n) is 13.6. The summed E-state index contributed by atoms with van der Waals surface area (Å²) in [6.45, 7) is 0. The summed E-state index contributed by atoms with van der Waals surface area (Å²) in [4.78, 5) is 4.62. The third kappa shape index (κ3) is 3.02. The lowest BCUT2D eigenvalue weighted by atomic mass is 10.0. The van der Waals surface area contributed by atoms with Crippen molar-refractivity contribution in [3.63, 3.8) is 0 Å². The number of phenolic OH excluding ortho intramolecular Hbond substituents is 1. The van der Waals surface area contributed by atoms with E-state index < -0.39 is 0 Å². The zero-order valence-corrected chi connectivity index (χ0v) is 13.6. The molecule has 0 saturated heterocycles. The number of aromatic hydroxyl groups is 1. The molecule has 0 aliphatic rings. The smallest absolute Gasteiger partial charge is 0.132 e. The van der Waals surface area contributed by atoms with Gasteiger partial charge in [-0.05, 0) is 23.1 Å². The monoisotopic (exact) mass is 323 g/mol. The van der Waals surface area contributed by atoms with Crippen LogP contribution >= 0.6 is 0 Å². The van der Waals surface area contributed by atoms with E-state index in [1.54, 1.807) is 6.21 Å². The van der Waals surface area contributed by atoms with Crippen LogP contribution in [0.15, 0.2) is 96.0 Å². The number of fused-ring (bicyclic) bond motifs is 1. The molecule has 0 aliphatic heterocycles. The first kappa shape index (κ1) is 15.2. The number of rotatable bonds is 3. The molecule has 0 aliphatic carbocycles. The molecule has 4 rings (SSSR count). The van der Waals surface area contributed by atoms with Crippen LogP contribution in [0.25, 0.3) is 21.9 Å². The molecule has 0 fully saturated rings. The molecule has 2 nitrogen and oxygen atoms in total. The van der Waals surface area contributed by atoms with E-state index in [2.05, 4.69) is 23.2 Å². The standard InChI is InChI=1S/C23H17NO/c25-23-19(12-6-14-21(23)18-8-2-1-3-9-18)16-24-22-15-7-11-17-10-4-5-13-20(17)22/h1-16,25H. The predicted octanol–water partition coefficient (Wildman–Crippen LogP) is 5.96. The average Bonchev–Trinajstić information content (AvgIpc) is 2.68. The molecule has 4 aromatic carbocycles. The van der Waals surface area contributed by atoms with Gasteiger partial charge in [0.25, 0.3) is 0 Å². The molecule has 0 spiro atoms. The highest BCUT2D eigenvalue weighted by atomic mass is 16.3. The Morgan fingerprint density at radius 3 is 2.28 bits per heavy atom. The summed E-state index contributed by atoms with van der Waals surface area (Å²) in [5.41, 5.74) is 3.39. The van der Waals surface area contributed by atoms with E-state index in [0.29, 0.717) is 5.56 Å². The minimum Gasteiger partial charge on any atom is -0.507 e. The highest BCUT2D eigenvalue weighted by Crippen LogP contribution is 2.32. The van der Waals surface area contributed by atoms with E-state index in [4.69, 9.17) is 0 Å². The highest BCUT2D eigenvalue weighted by Gasteiger charge is 2.07. The third-order valence-corrected chi connectivity index (χ3v) is 4.26. The van der Waals surface area contributed by atoms with Crippen LogP contribution in [0, 0.1) is 0 Å². The Kier molecular flexibility index (Phi) is 4.01. The van der Waals surface area contributed by atoms with Gasteiger partial charge in [0.05, 0.1) is 5.69 Å². The lowest BCUT2D eigenvalue weighted by Gasteiger charge is -2.07. The number of benzene rings is 4. The fourth-order valence-electron chi connectivity index (χ4n) is 2.98. The Hall–Kier alpha value is -3.39. The summed E-state index contributed by atoms with van der Waals surface area (Å²) < 4.78 is 0. The van der Waals surface area contributed by atoms with Gasteiger partial charge in [-0.25, -0.2) is 0 Å². The predicted molar refractivity (Wildman–Crippen MR) is 105 cm³/mol. The molecule has 4 aromatic rings. The van der Waals surface area contributed by atoms with E-state index in [1.807, 2.05) is 72.8 Å². The second kappa shape index (κ2) is 6.62. The molecule has 0 radical (unpaired) electrons. The topological polar surface area (TPSA) is 32.6 Å². The van der Waals surface area contributed by atoms with Crippen molar-refractivity contribution >= 4 is 22.7 Å². The molecule has 0 amide bonds. The number of hydrogen-bond acceptors (Lipinski definition) is 2. The molecular formula is C23H17NO. The molecule has 2 heteroatoms. The molecule has 0 heterocycles. The van der Waals surface area contributed by atoms with Gasteiger partial charge in [0, 0.05) is 22.7 Å². The molecule has 0 aromatic heterocycles. The Morgan fingerprint density at radius 1 is 0.680 bits per heavy atom. The van der Waals surface area contributed by atoms with Crippen LogP contribution in [-0.4, -0.2) is 11.3 Å². The number of aliphatic imine (C=N–C) groups is 1. The van der Waals surface area contributed by atoms with Crippen molar-refractivity contribution < 1.29 is 5.11 Å². The summed E-state index contributed by atoms with van der Waals surface area (Å²) in [7, 11) is 0. The van der Waals surface area contributed by atoms with Gasteiger partial charge in [0.2, 0.25) is 0 Å². The maximum absolute atomic E-state index is 10.6. The summed E-state index contributed by atoms with van der Waals surface area (Å²) >= 11 is 0. The van der Waals surface area contributed by atoms with E-state index in [0.717, 1.165) is 27.6 Å². The van der Waals surface area contributed by atoms with Crippen molar-refractivity contribution in [2.24, 2.45) is 4.99 Å². The Morgan fingerprint density at radius 2 is 1.40 bits per heavy atom. The maximum Gasteiger partial charge on any atom is 0.132 e. The SMILES string of the molecule is Oc1c(C=Nc2cccc3ccccc23)cccc1-c1ccccc1. The van der Waals surface area contributed by atoms with Crippen LogP contribution < -0.4 is 0 Å². The minimum atomic E-state index is 0.248. The van der Waals surface area contributed by atoms with Gasteiger partial charge < -0.3 is 5.11 Å². The average molecular weight is 323 g/mol. The molecule has 25 heavy (non-hydrogen) atoms. The quantitative estimate of drug-likeness (QED) is 0.463. The summed E-state index contributed by atoms with van der Waals surface area (Å²) in [6.07, 6.45) is 1.73. The van der Waals surface area contributed by atoms with E-state index in [-0.39, 0.29) is 5.75 Å². The molecule has 120 valence electrons. The van der Waals surface area contributed by atoms with Crippen LogP contribution in [0.4, 0.5) is 5.69 Å². The van der Waals surface area contributed by atoms with Gasteiger partial charge in [-0.3, -0.25) is 4.99 Å². The first-order chi connectivity index (χ1) is 12.3. The van der Waals surface area contributed by atoms with Gasteiger partial charge in [0.1, 0.15) is 5.75 Å². The first-order valence-electron chi connectivity index (χ1n) is 8.22. The fraction of sp³-hybridized carbons (Fsp3) is 0. The lowest BCUT2D eigenvalue weighted by molar-refractivity contribution is 0.476. The number of phenols is 1. The molecule has 0 saturated carbocycles. The van der Waals surface area contributed by atoms with Gasteiger partial charge in [0.15, 0.2) is 0 Å². The number of nitrogens with zero attached hydrogens (tertiary/aromatic N) is 1. The summed E-state index contributed by atoms with van der Waals surface area (Å²) in [5, 5.41) is 12.9. The number of hydrogen-bond donors (Lipinski definition) is 1. The van der Waals surface area contributed by atoms with Gasteiger partial charge in [-0.2, -0.15) is 0 Å².